The Hall–Kier alpha value is -7.21. The van der Waals surface area contributed by atoms with Crippen LogP contribution in [0.1, 0.15) is 0 Å². The van der Waals surface area contributed by atoms with Gasteiger partial charge in [-0.25, -0.2) is 15.0 Å². The number of benzene rings is 8. The van der Waals surface area contributed by atoms with Gasteiger partial charge in [0.15, 0.2) is 17.5 Å². The van der Waals surface area contributed by atoms with E-state index in [0.717, 1.165) is 49.8 Å². The summed E-state index contributed by atoms with van der Waals surface area (Å²) in [6.07, 6.45) is 0. The third kappa shape index (κ3) is 5.65. The van der Waals surface area contributed by atoms with E-state index in [9.17, 15) is 0 Å². The van der Waals surface area contributed by atoms with E-state index < -0.39 is 0 Å². The van der Waals surface area contributed by atoms with Crippen LogP contribution in [0.15, 0.2) is 192 Å². The highest BCUT2D eigenvalue weighted by atomic mass is 32.1. The highest BCUT2D eigenvalue weighted by Gasteiger charge is 2.17. The molecule has 5 heteroatoms. The van der Waals surface area contributed by atoms with Gasteiger partial charge in [0.05, 0.1) is 0 Å². The molecular weight excluding hydrogens is 703 g/mol. The first-order chi connectivity index (χ1) is 27.7. The average Bonchev–Trinajstić information content (AvgIpc) is 3.84. The fourth-order valence-corrected chi connectivity index (χ4v) is 8.87. The Kier molecular flexibility index (Phi) is 7.64. The van der Waals surface area contributed by atoms with Crippen molar-refractivity contribution in [1.29, 1.82) is 0 Å². The quantitative estimate of drug-likeness (QED) is 0.171. The molecule has 0 radical (unpaired) electrons. The zero-order valence-electron chi connectivity index (χ0n) is 30.1. The van der Waals surface area contributed by atoms with Crippen LogP contribution in [0.25, 0.3) is 110 Å². The van der Waals surface area contributed by atoms with E-state index in [1.807, 2.05) is 47.7 Å². The standard InChI is InChI=1S/C51H31N3OS/c1-4-11-32(12-5-1)34-19-21-36(22-20-34)50-52-49(35-15-8-3-9-16-35)53-51(54-50)39-23-26-41-42-30-38(24-27-44(42)55-45(41)31-39)40-17-10-18-47-48(40)43-29-37(25-28-46(43)56-47)33-13-6-2-7-14-33/h1-31H. The Balaban J connectivity index is 1.00. The van der Waals surface area contributed by atoms with Crippen molar-refractivity contribution in [3.05, 3.63) is 188 Å². The van der Waals surface area contributed by atoms with E-state index in [4.69, 9.17) is 19.4 Å². The summed E-state index contributed by atoms with van der Waals surface area (Å²) in [5.41, 5.74) is 11.5. The van der Waals surface area contributed by atoms with Crippen LogP contribution >= 0.6 is 11.3 Å². The van der Waals surface area contributed by atoms with E-state index in [2.05, 4.69) is 152 Å². The van der Waals surface area contributed by atoms with Crippen molar-refractivity contribution >= 4 is 53.4 Å². The van der Waals surface area contributed by atoms with Gasteiger partial charge in [-0.05, 0) is 75.8 Å². The minimum absolute atomic E-state index is 0.593. The fraction of sp³-hybridized carbons (Fsp3) is 0. The topological polar surface area (TPSA) is 51.8 Å². The molecule has 11 aromatic rings. The molecule has 0 aliphatic carbocycles. The van der Waals surface area contributed by atoms with Crippen molar-refractivity contribution in [2.75, 3.05) is 0 Å². The van der Waals surface area contributed by atoms with Gasteiger partial charge in [0, 0.05) is 47.6 Å². The van der Waals surface area contributed by atoms with Crippen LogP contribution in [0, 0.1) is 0 Å². The molecule has 0 saturated carbocycles. The first-order valence-corrected chi connectivity index (χ1v) is 19.5. The molecule has 11 rings (SSSR count). The van der Waals surface area contributed by atoms with E-state index >= 15 is 0 Å². The zero-order chi connectivity index (χ0) is 37.0. The summed E-state index contributed by atoms with van der Waals surface area (Å²) in [5, 5.41) is 4.69. The van der Waals surface area contributed by atoms with Crippen molar-refractivity contribution in [3.8, 4) is 67.5 Å². The maximum Gasteiger partial charge on any atom is 0.164 e. The molecule has 0 bridgehead atoms. The number of rotatable bonds is 6. The van der Waals surface area contributed by atoms with Gasteiger partial charge >= 0.3 is 0 Å². The van der Waals surface area contributed by atoms with E-state index in [-0.39, 0.29) is 0 Å². The lowest BCUT2D eigenvalue weighted by atomic mass is 9.96. The monoisotopic (exact) mass is 733 g/mol. The molecule has 262 valence electrons. The molecule has 0 N–H and O–H groups in total. The van der Waals surface area contributed by atoms with Gasteiger partial charge in [-0.15, -0.1) is 11.3 Å². The maximum atomic E-state index is 6.53. The molecule has 3 aromatic heterocycles. The molecule has 3 heterocycles. The van der Waals surface area contributed by atoms with Gasteiger partial charge in [-0.1, -0.05) is 146 Å². The summed E-state index contributed by atoms with van der Waals surface area (Å²) in [6, 6.07) is 65.8. The third-order valence-corrected chi connectivity index (χ3v) is 11.7. The number of hydrogen-bond acceptors (Lipinski definition) is 5. The molecular formula is C51H31N3OS. The average molecular weight is 734 g/mol. The van der Waals surface area contributed by atoms with Crippen LogP contribution in [0.5, 0.6) is 0 Å². The summed E-state index contributed by atoms with van der Waals surface area (Å²) >= 11 is 1.85. The molecule has 0 aliphatic heterocycles. The second kappa shape index (κ2) is 13.3. The first-order valence-electron chi connectivity index (χ1n) is 18.7. The van der Waals surface area contributed by atoms with Gasteiger partial charge in [-0.2, -0.15) is 0 Å². The molecule has 0 aliphatic rings. The highest BCUT2D eigenvalue weighted by molar-refractivity contribution is 7.26. The summed E-state index contributed by atoms with van der Waals surface area (Å²) in [5.74, 6) is 1.84. The van der Waals surface area contributed by atoms with Crippen LogP contribution in [0.2, 0.25) is 0 Å². The smallest absolute Gasteiger partial charge is 0.164 e. The molecule has 0 spiro atoms. The number of thiophene rings is 1. The first kappa shape index (κ1) is 32.2. The lowest BCUT2D eigenvalue weighted by Crippen LogP contribution is -2.00. The summed E-state index contributed by atoms with van der Waals surface area (Å²) < 4.78 is 9.10. The zero-order valence-corrected chi connectivity index (χ0v) is 30.9. The predicted molar refractivity (Wildman–Crippen MR) is 233 cm³/mol. The van der Waals surface area contributed by atoms with Gasteiger partial charge in [0.2, 0.25) is 0 Å². The molecule has 4 nitrogen and oxygen atoms in total. The maximum absolute atomic E-state index is 6.53. The summed E-state index contributed by atoms with van der Waals surface area (Å²) in [7, 11) is 0. The molecule has 0 fully saturated rings. The van der Waals surface area contributed by atoms with Gasteiger partial charge in [-0.3, -0.25) is 0 Å². The Morgan fingerprint density at radius 1 is 0.321 bits per heavy atom. The molecule has 8 aromatic carbocycles. The highest BCUT2D eigenvalue weighted by Crippen LogP contribution is 2.43. The minimum Gasteiger partial charge on any atom is -0.456 e. The van der Waals surface area contributed by atoms with Crippen molar-refractivity contribution in [3.63, 3.8) is 0 Å². The van der Waals surface area contributed by atoms with Crippen LogP contribution < -0.4 is 0 Å². The molecule has 56 heavy (non-hydrogen) atoms. The fourth-order valence-electron chi connectivity index (χ4n) is 7.75. The predicted octanol–water partition coefficient (Wildman–Crippen LogP) is 14.1. The minimum atomic E-state index is 0.593. The summed E-state index contributed by atoms with van der Waals surface area (Å²) in [4.78, 5) is 15.0. The van der Waals surface area contributed by atoms with Crippen LogP contribution in [-0.2, 0) is 0 Å². The summed E-state index contributed by atoms with van der Waals surface area (Å²) in [6.45, 7) is 0. The Morgan fingerprint density at radius 3 is 1.57 bits per heavy atom. The Bertz CT molecular complexity index is 3230. The van der Waals surface area contributed by atoms with Crippen molar-refractivity contribution < 1.29 is 4.42 Å². The molecule has 0 atom stereocenters. The lowest BCUT2D eigenvalue weighted by molar-refractivity contribution is 0.669. The largest absolute Gasteiger partial charge is 0.456 e. The van der Waals surface area contributed by atoms with Crippen LogP contribution in [0.3, 0.4) is 0 Å². The van der Waals surface area contributed by atoms with Crippen LogP contribution in [0.4, 0.5) is 0 Å². The third-order valence-electron chi connectivity index (χ3n) is 10.6. The molecule has 0 amide bonds. The van der Waals surface area contributed by atoms with Gasteiger partial charge < -0.3 is 4.42 Å². The lowest BCUT2D eigenvalue weighted by Gasteiger charge is -2.09. The number of nitrogens with zero attached hydrogens (tertiary/aromatic N) is 3. The Labute approximate surface area is 327 Å². The number of fused-ring (bicyclic) bond motifs is 6. The van der Waals surface area contributed by atoms with Crippen molar-refractivity contribution in [2.24, 2.45) is 0 Å². The van der Waals surface area contributed by atoms with E-state index in [0.29, 0.717) is 17.5 Å². The normalized spacial score (nSPS) is 11.6. The SMILES string of the molecule is c1ccc(-c2ccc(-c3nc(-c4ccccc4)nc(-c4ccc5c(c4)oc4ccc(-c6cccc7sc8ccc(-c9ccccc9)cc8c67)cc45)n3)cc2)cc1. The molecule has 0 unspecified atom stereocenters. The van der Waals surface area contributed by atoms with Gasteiger partial charge in [0.1, 0.15) is 11.2 Å². The molecule has 0 saturated heterocycles. The van der Waals surface area contributed by atoms with E-state index in [1.165, 1.54) is 42.4 Å². The number of hydrogen-bond donors (Lipinski definition) is 0. The second-order valence-corrected chi connectivity index (χ2v) is 15.1. The van der Waals surface area contributed by atoms with E-state index in [1.54, 1.807) is 0 Å². The van der Waals surface area contributed by atoms with Crippen molar-refractivity contribution in [2.45, 2.75) is 0 Å². The number of aromatic nitrogens is 3. The number of furan rings is 1. The van der Waals surface area contributed by atoms with Crippen molar-refractivity contribution in [1.82, 2.24) is 15.0 Å². The second-order valence-electron chi connectivity index (χ2n) is 14.0. The Morgan fingerprint density at radius 2 is 0.857 bits per heavy atom. The van der Waals surface area contributed by atoms with Gasteiger partial charge in [0.25, 0.3) is 0 Å². The van der Waals surface area contributed by atoms with Crippen LogP contribution in [-0.4, -0.2) is 15.0 Å².